The lowest BCUT2D eigenvalue weighted by Crippen LogP contribution is -2.06. The normalized spacial score (nSPS) is 10.8. The molecular weight excluding hydrogens is 368 g/mol. The molecule has 0 amide bonds. The molecule has 0 aromatic rings. The molecule has 0 spiro atoms. The van der Waals surface area contributed by atoms with Crippen LogP contribution in [0.2, 0.25) is 0 Å². The fourth-order valence-corrected chi connectivity index (χ4v) is 4.52. The molecule has 0 saturated heterocycles. The summed E-state index contributed by atoms with van der Waals surface area (Å²) in [7, 11) is 3.04. The first-order chi connectivity index (χ1) is 12.7. The van der Waals surface area contributed by atoms with Crippen LogP contribution in [-0.2, 0) is 14.3 Å². The second kappa shape index (κ2) is 20.9. The quantitative estimate of drug-likeness (QED) is 0.142. The Morgan fingerprint density at radius 1 is 0.731 bits per heavy atom. The molecule has 0 aromatic carbocycles. The van der Waals surface area contributed by atoms with Gasteiger partial charge in [0.25, 0.3) is 0 Å². The van der Waals surface area contributed by atoms with Crippen LogP contribution >= 0.6 is 21.6 Å². The first kappa shape index (κ1) is 25.6. The molecular formula is C20H38O4S2. The molecule has 154 valence electrons. The Morgan fingerprint density at radius 3 is 1.69 bits per heavy atom. The average molecular weight is 407 g/mol. The minimum absolute atomic E-state index is 0.139. The van der Waals surface area contributed by atoms with Crippen LogP contribution in [0.3, 0.4) is 0 Å². The van der Waals surface area contributed by atoms with Crippen molar-refractivity contribution >= 4 is 33.5 Å². The Hall–Kier alpha value is -0.360. The van der Waals surface area contributed by atoms with Crippen LogP contribution in [0.1, 0.15) is 96.8 Å². The van der Waals surface area contributed by atoms with Crippen molar-refractivity contribution in [2.24, 2.45) is 0 Å². The molecule has 0 atom stereocenters. The van der Waals surface area contributed by atoms with Gasteiger partial charge in [0, 0.05) is 11.5 Å². The van der Waals surface area contributed by atoms with E-state index in [0.717, 1.165) is 12.8 Å². The van der Waals surface area contributed by atoms with E-state index in [1.165, 1.54) is 85.8 Å². The van der Waals surface area contributed by atoms with E-state index in [2.05, 4.69) is 6.92 Å². The van der Waals surface area contributed by atoms with E-state index < -0.39 is 5.97 Å². The zero-order valence-corrected chi connectivity index (χ0v) is 18.1. The van der Waals surface area contributed by atoms with Crippen molar-refractivity contribution in [1.82, 2.24) is 0 Å². The zero-order chi connectivity index (χ0) is 19.3. The van der Waals surface area contributed by atoms with E-state index in [4.69, 9.17) is 9.84 Å². The monoisotopic (exact) mass is 406 g/mol. The topological polar surface area (TPSA) is 63.6 Å². The van der Waals surface area contributed by atoms with Crippen molar-refractivity contribution < 1.29 is 19.4 Å². The van der Waals surface area contributed by atoms with Crippen molar-refractivity contribution in [2.45, 2.75) is 96.8 Å². The van der Waals surface area contributed by atoms with Gasteiger partial charge in [0.05, 0.1) is 19.4 Å². The maximum atomic E-state index is 11.5. The van der Waals surface area contributed by atoms with Crippen LogP contribution < -0.4 is 0 Å². The smallest absolute Gasteiger partial charge is 0.306 e. The summed E-state index contributed by atoms with van der Waals surface area (Å²) in [6.45, 7) is 2.79. The van der Waals surface area contributed by atoms with Gasteiger partial charge < -0.3 is 9.84 Å². The van der Waals surface area contributed by atoms with Gasteiger partial charge in [0.1, 0.15) is 0 Å². The van der Waals surface area contributed by atoms with Gasteiger partial charge in [-0.1, -0.05) is 99.1 Å². The maximum absolute atomic E-state index is 11.5. The molecule has 6 heteroatoms. The van der Waals surface area contributed by atoms with Crippen LogP contribution in [-0.4, -0.2) is 35.2 Å². The average Bonchev–Trinajstić information content (AvgIpc) is 2.61. The summed E-state index contributed by atoms with van der Waals surface area (Å²) in [4.78, 5) is 21.9. The summed E-state index contributed by atoms with van der Waals surface area (Å²) >= 11 is 0. The van der Waals surface area contributed by atoms with Gasteiger partial charge in [-0.25, -0.2) is 0 Å². The third kappa shape index (κ3) is 21.7. The molecule has 0 aliphatic heterocycles. The van der Waals surface area contributed by atoms with Gasteiger partial charge in [-0.05, 0) is 6.42 Å². The molecule has 0 fully saturated rings. The largest absolute Gasteiger partial charge is 0.481 e. The number of carboxylic acid groups (broad SMARTS) is 1. The molecule has 0 heterocycles. The minimum Gasteiger partial charge on any atom is -0.481 e. The van der Waals surface area contributed by atoms with Crippen LogP contribution in [0, 0.1) is 0 Å². The van der Waals surface area contributed by atoms with Gasteiger partial charge in [0.15, 0.2) is 0 Å². The number of carboxylic acids is 1. The highest BCUT2D eigenvalue weighted by molar-refractivity contribution is 8.76. The lowest BCUT2D eigenvalue weighted by Gasteiger charge is -2.05. The summed E-state index contributed by atoms with van der Waals surface area (Å²) < 4.78 is 5.22. The van der Waals surface area contributed by atoms with E-state index in [1.54, 1.807) is 0 Å². The fourth-order valence-electron chi connectivity index (χ4n) is 2.57. The molecule has 26 heavy (non-hydrogen) atoms. The van der Waals surface area contributed by atoms with Gasteiger partial charge in [-0.3, -0.25) is 9.59 Å². The molecule has 0 rings (SSSR count). The highest BCUT2D eigenvalue weighted by Crippen LogP contribution is 2.22. The van der Waals surface area contributed by atoms with E-state index >= 15 is 0 Å². The molecule has 0 saturated carbocycles. The summed E-state index contributed by atoms with van der Waals surface area (Å²) in [5, 5.41) is 8.51. The van der Waals surface area contributed by atoms with Crippen LogP contribution in [0.25, 0.3) is 0 Å². The van der Waals surface area contributed by atoms with Crippen LogP contribution in [0.4, 0.5) is 0 Å². The summed E-state index contributed by atoms with van der Waals surface area (Å²) in [5.41, 5.74) is 0. The van der Waals surface area contributed by atoms with Crippen molar-refractivity contribution in [1.29, 1.82) is 0 Å². The van der Waals surface area contributed by atoms with Gasteiger partial charge in [-0.2, -0.15) is 0 Å². The number of unbranched alkanes of at least 4 members (excludes halogenated alkanes) is 11. The number of rotatable bonds is 20. The lowest BCUT2D eigenvalue weighted by atomic mass is 10.1. The number of hydrogen-bond donors (Lipinski definition) is 1. The highest BCUT2D eigenvalue weighted by atomic mass is 33.1. The predicted molar refractivity (Wildman–Crippen MR) is 114 cm³/mol. The van der Waals surface area contributed by atoms with E-state index in [1.807, 2.05) is 0 Å². The van der Waals surface area contributed by atoms with Crippen LogP contribution in [0.15, 0.2) is 0 Å². The van der Waals surface area contributed by atoms with E-state index in [0.29, 0.717) is 24.5 Å². The Kier molecular flexibility index (Phi) is 20.7. The molecule has 0 unspecified atom stereocenters. The van der Waals surface area contributed by atoms with Gasteiger partial charge in [-0.15, -0.1) is 0 Å². The molecule has 4 nitrogen and oxygen atoms in total. The summed E-state index contributed by atoms with van der Waals surface area (Å²) in [6, 6.07) is 0. The van der Waals surface area contributed by atoms with E-state index in [9.17, 15) is 9.59 Å². The lowest BCUT2D eigenvalue weighted by molar-refractivity contribution is -0.143. The Morgan fingerprint density at radius 2 is 1.19 bits per heavy atom. The molecule has 0 aliphatic carbocycles. The molecule has 0 bridgehead atoms. The Bertz CT molecular complexity index is 338. The number of esters is 1. The number of aliphatic carboxylic acids is 1. The standard InChI is InChI=1S/C20H38O4S2/c1-2-3-4-5-6-7-8-9-10-11-12-13-16-24-20(23)15-18-26-25-17-14-19(21)22/h2-18H2,1H3,(H,21,22). The highest BCUT2D eigenvalue weighted by Gasteiger charge is 2.03. The minimum atomic E-state index is -0.778. The summed E-state index contributed by atoms with van der Waals surface area (Å²) in [5.74, 6) is 0.342. The molecule has 1 N–H and O–H groups in total. The van der Waals surface area contributed by atoms with Gasteiger partial charge in [0.2, 0.25) is 0 Å². The van der Waals surface area contributed by atoms with Crippen molar-refractivity contribution in [3.8, 4) is 0 Å². The number of hydrogen-bond acceptors (Lipinski definition) is 5. The molecule has 0 aromatic heterocycles. The second-order valence-electron chi connectivity index (χ2n) is 6.65. The fraction of sp³-hybridized carbons (Fsp3) is 0.900. The van der Waals surface area contributed by atoms with E-state index in [-0.39, 0.29) is 12.4 Å². The second-order valence-corrected chi connectivity index (χ2v) is 9.35. The summed E-state index contributed by atoms with van der Waals surface area (Å²) in [6.07, 6.45) is 16.2. The maximum Gasteiger partial charge on any atom is 0.306 e. The predicted octanol–water partition coefficient (Wildman–Crippen LogP) is 6.48. The first-order valence-corrected chi connectivity index (χ1v) is 12.8. The number of carbonyl (C=O) groups is 2. The molecule has 0 radical (unpaired) electrons. The SMILES string of the molecule is CCCCCCCCCCCCCCOC(=O)CCSSCCC(=O)O. The van der Waals surface area contributed by atoms with Crippen LogP contribution in [0.5, 0.6) is 0 Å². The third-order valence-corrected chi connectivity index (χ3v) is 6.54. The Balaban J connectivity index is 3.15. The zero-order valence-electron chi connectivity index (χ0n) is 16.5. The van der Waals surface area contributed by atoms with Crippen molar-refractivity contribution in [3.63, 3.8) is 0 Å². The van der Waals surface area contributed by atoms with Gasteiger partial charge >= 0.3 is 11.9 Å². The number of carbonyl (C=O) groups excluding carboxylic acids is 1. The number of ether oxygens (including phenoxy) is 1. The van der Waals surface area contributed by atoms with Crippen molar-refractivity contribution in [2.75, 3.05) is 18.1 Å². The third-order valence-electron chi connectivity index (χ3n) is 4.13. The Labute approximate surface area is 168 Å². The molecule has 0 aliphatic rings. The first-order valence-electron chi connectivity index (χ1n) is 10.3. The van der Waals surface area contributed by atoms with Crippen molar-refractivity contribution in [3.05, 3.63) is 0 Å².